The van der Waals surface area contributed by atoms with Crippen molar-refractivity contribution in [1.82, 2.24) is 24.4 Å². The van der Waals surface area contributed by atoms with Gasteiger partial charge in [-0.05, 0) is 48.9 Å². The van der Waals surface area contributed by atoms with Gasteiger partial charge in [0.15, 0.2) is 5.82 Å². The molecule has 0 aliphatic heterocycles. The van der Waals surface area contributed by atoms with Gasteiger partial charge in [0.2, 0.25) is 0 Å². The lowest BCUT2D eigenvalue weighted by molar-refractivity contribution is 0.100. The number of fused-ring (bicyclic) bond motifs is 1. The zero-order chi connectivity index (χ0) is 22.9. The third kappa shape index (κ3) is 4.03. The minimum absolute atomic E-state index is 0.276. The van der Waals surface area contributed by atoms with Crippen LogP contribution in [-0.4, -0.2) is 30.3 Å². The second-order valence-electron chi connectivity index (χ2n) is 7.61. The van der Waals surface area contributed by atoms with Gasteiger partial charge in [0.25, 0.3) is 5.91 Å². The fourth-order valence-corrected chi connectivity index (χ4v) is 3.62. The number of aryl methyl sites for hydroxylation is 1. The maximum Gasteiger partial charge on any atom is 0.252 e. The number of amides is 1. The van der Waals surface area contributed by atoms with E-state index in [0.29, 0.717) is 29.3 Å². The summed E-state index contributed by atoms with van der Waals surface area (Å²) in [5.74, 6) is 0.462. The molecule has 0 spiro atoms. The quantitative estimate of drug-likeness (QED) is 0.418. The summed E-state index contributed by atoms with van der Waals surface area (Å²) in [6.45, 7) is 2.39. The van der Waals surface area contributed by atoms with Crippen LogP contribution in [0.25, 0.3) is 22.6 Å². The molecule has 3 N–H and O–H groups in total. The maximum absolute atomic E-state index is 13.2. The van der Waals surface area contributed by atoms with Crippen LogP contribution in [0.15, 0.2) is 73.1 Å². The van der Waals surface area contributed by atoms with Gasteiger partial charge in [-0.25, -0.2) is 18.6 Å². The molecule has 0 atom stereocenters. The van der Waals surface area contributed by atoms with Gasteiger partial charge in [0, 0.05) is 30.1 Å². The molecule has 1 amide bonds. The fourth-order valence-electron chi connectivity index (χ4n) is 3.62. The Kier molecular flexibility index (Phi) is 5.06. The number of nitrogens with one attached hydrogen (secondary N) is 1. The Morgan fingerprint density at radius 2 is 1.94 bits per heavy atom. The second-order valence-corrected chi connectivity index (χ2v) is 7.61. The average molecular weight is 441 g/mol. The van der Waals surface area contributed by atoms with Gasteiger partial charge in [-0.15, -0.1) is 5.10 Å². The minimum Gasteiger partial charge on any atom is -0.365 e. The van der Waals surface area contributed by atoms with Gasteiger partial charge in [0.05, 0.1) is 23.0 Å². The molecule has 1 aromatic carbocycles. The van der Waals surface area contributed by atoms with Crippen molar-refractivity contribution >= 4 is 17.2 Å². The van der Waals surface area contributed by atoms with Crippen molar-refractivity contribution in [3.63, 3.8) is 0 Å². The molecule has 0 saturated carbocycles. The highest BCUT2D eigenvalue weighted by atomic mass is 19.1. The van der Waals surface area contributed by atoms with E-state index >= 15 is 0 Å². The first-order chi connectivity index (χ1) is 16.0. The number of carbonyl (C=O) groups is 1. The number of carbonyl (C=O) groups excluding carboxylic acids is 1. The molecule has 0 radical (unpaired) electrons. The number of anilines is 1. The molecule has 164 valence electrons. The molecule has 0 unspecified atom stereocenters. The minimum atomic E-state index is -0.544. The number of aromatic nitrogens is 5. The first-order valence-corrected chi connectivity index (χ1v) is 10.3. The van der Waals surface area contributed by atoms with E-state index in [1.807, 2.05) is 43.3 Å². The highest BCUT2D eigenvalue weighted by Gasteiger charge is 2.16. The van der Waals surface area contributed by atoms with E-state index in [-0.39, 0.29) is 5.82 Å². The molecule has 0 bridgehead atoms. The summed E-state index contributed by atoms with van der Waals surface area (Å²) in [4.78, 5) is 16.4. The number of nitrogens with two attached hydrogens (primary N) is 1. The molecule has 4 heterocycles. The Labute approximate surface area is 188 Å². The van der Waals surface area contributed by atoms with Crippen LogP contribution in [0.3, 0.4) is 0 Å². The highest BCUT2D eigenvalue weighted by molar-refractivity contribution is 6.00. The number of hydrogen-bond acceptors (Lipinski definition) is 5. The zero-order valence-corrected chi connectivity index (χ0v) is 17.7. The Hall–Kier alpha value is -4.53. The SMILES string of the molecule is Cc1cccc(-n2nc(NCc3ccc(F)cc3)cc2-c2ccn3ncc(C(N)=O)c3c2)n1. The Balaban J connectivity index is 1.57. The molecular weight excluding hydrogens is 421 g/mol. The number of nitrogens with zero attached hydrogens (tertiary/aromatic N) is 5. The van der Waals surface area contributed by atoms with Crippen molar-refractivity contribution in [3.05, 3.63) is 95.7 Å². The zero-order valence-electron chi connectivity index (χ0n) is 17.7. The van der Waals surface area contributed by atoms with E-state index in [4.69, 9.17) is 10.8 Å². The van der Waals surface area contributed by atoms with Crippen molar-refractivity contribution in [1.29, 1.82) is 0 Å². The summed E-state index contributed by atoms with van der Waals surface area (Å²) in [6.07, 6.45) is 3.22. The lowest BCUT2D eigenvalue weighted by Crippen LogP contribution is -2.10. The molecule has 0 aliphatic rings. The molecule has 5 aromatic rings. The second kappa shape index (κ2) is 8.19. The summed E-state index contributed by atoms with van der Waals surface area (Å²) in [6, 6.07) is 17.6. The molecule has 5 rings (SSSR count). The highest BCUT2D eigenvalue weighted by Crippen LogP contribution is 2.27. The van der Waals surface area contributed by atoms with Gasteiger partial charge in [-0.1, -0.05) is 18.2 Å². The normalized spacial score (nSPS) is 11.1. The Bertz CT molecular complexity index is 1470. The van der Waals surface area contributed by atoms with Crippen LogP contribution in [0.4, 0.5) is 10.2 Å². The first-order valence-electron chi connectivity index (χ1n) is 10.3. The van der Waals surface area contributed by atoms with Crippen LogP contribution in [-0.2, 0) is 6.54 Å². The van der Waals surface area contributed by atoms with Crippen LogP contribution in [0, 0.1) is 12.7 Å². The number of benzene rings is 1. The van der Waals surface area contributed by atoms with Crippen LogP contribution in [0.1, 0.15) is 21.6 Å². The van der Waals surface area contributed by atoms with Gasteiger partial charge < -0.3 is 11.1 Å². The number of pyridine rings is 2. The predicted molar refractivity (Wildman–Crippen MR) is 123 cm³/mol. The monoisotopic (exact) mass is 441 g/mol. The van der Waals surface area contributed by atoms with Gasteiger partial charge in [0.1, 0.15) is 11.6 Å². The van der Waals surface area contributed by atoms with Crippen molar-refractivity contribution < 1.29 is 9.18 Å². The Morgan fingerprint density at radius 3 is 2.70 bits per heavy atom. The number of primary amides is 1. The maximum atomic E-state index is 13.2. The van der Waals surface area contributed by atoms with E-state index in [0.717, 1.165) is 22.5 Å². The van der Waals surface area contributed by atoms with Crippen LogP contribution in [0.5, 0.6) is 0 Å². The van der Waals surface area contributed by atoms with Crippen LogP contribution in [0.2, 0.25) is 0 Å². The van der Waals surface area contributed by atoms with Crippen molar-refractivity contribution in [2.24, 2.45) is 5.73 Å². The summed E-state index contributed by atoms with van der Waals surface area (Å²) in [7, 11) is 0. The molecule has 0 saturated heterocycles. The van der Waals surface area contributed by atoms with E-state index in [1.54, 1.807) is 27.5 Å². The third-order valence-electron chi connectivity index (χ3n) is 5.27. The van der Waals surface area contributed by atoms with Gasteiger partial charge >= 0.3 is 0 Å². The number of hydrogen-bond donors (Lipinski definition) is 2. The largest absolute Gasteiger partial charge is 0.365 e. The van der Waals surface area contributed by atoms with Crippen LogP contribution < -0.4 is 11.1 Å². The third-order valence-corrected chi connectivity index (χ3v) is 5.27. The van der Waals surface area contributed by atoms with E-state index in [9.17, 15) is 9.18 Å². The van der Waals surface area contributed by atoms with Gasteiger partial charge in [-0.3, -0.25) is 4.79 Å². The van der Waals surface area contributed by atoms with Gasteiger partial charge in [-0.2, -0.15) is 5.10 Å². The fraction of sp³-hybridized carbons (Fsp3) is 0.0833. The lowest BCUT2D eigenvalue weighted by Gasteiger charge is -2.08. The standard InChI is InChI=1S/C24H20FN7O/c1-15-3-2-4-23(29-15)32-20(12-22(30-32)27-13-16-5-7-18(25)8-6-16)17-9-10-31-21(11-17)19(14-28-31)24(26)33/h2-12,14H,13H2,1H3,(H2,26,33)(H,27,30). The smallest absolute Gasteiger partial charge is 0.252 e. The Morgan fingerprint density at radius 1 is 1.12 bits per heavy atom. The van der Waals surface area contributed by atoms with Crippen molar-refractivity contribution in [2.75, 3.05) is 5.32 Å². The lowest BCUT2D eigenvalue weighted by atomic mass is 10.1. The van der Waals surface area contributed by atoms with Crippen LogP contribution >= 0.6 is 0 Å². The molecule has 9 heteroatoms. The molecule has 8 nitrogen and oxygen atoms in total. The molecular formula is C24H20FN7O. The molecule has 4 aromatic heterocycles. The first kappa shape index (κ1) is 20.4. The predicted octanol–water partition coefficient (Wildman–Crippen LogP) is 3.74. The summed E-state index contributed by atoms with van der Waals surface area (Å²) < 4.78 is 16.5. The average Bonchev–Trinajstić information content (AvgIpc) is 3.43. The van der Waals surface area contributed by atoms with E-state index in [1.165, 1.54) is 18.3 Å². The molecule has 33 heavy (non-hydrogen) atoms. The number of rotatable bonds is 6. The topological polar surface area (TPSA) is 103 Å². The summed E-state index contributed by atoms with van der Waals surface area (Å²) in [5, 5.41) is 12.2. The van der Waals surface area contributed by atoms with E-state index < -0.39 is 5.91 Å². The molecule has 0 fully saturated rings. The van der Waals surface area contributed by atoms with Crippen molar-refractivity contribution in [3.8, 4) is 17.1 Å². The number of halogens is 1. The summed E-state index contributed by atoms with van der Waals surface area (Å²) in [5.41, 5.74) is 9.82. The van der Waals surface area contributed by atoms with E-state index in [2.05, 4.69) is 15.4 Å². The van der Waals surface area contributed by atoms with Crippen molar-refractivity contribution in [2.45, 2.75) is 13.5 Å². The summed E-state index contributed by atoms with van der Waals surface area (Å²) >= 11 is 0. The molecule has 0 aliphatic carbocycles.